The van der Waals surface area contributed by atoms with Crippen molar-refractivity contribution in [3.8, 4) is 11.5 Å². The molecule has 3 nitrogen and oxygen atoms in total. The van der Waals surface area contributed by atoms with Crippen LogP contribution in [0.15, 0.2) is 48.5 Å². The fourth-order valence-corrected chi connectivity index (χ4v) is 2.05. The summed E-state index contributed by atoms with van der Waals surface area (Å²) in [7, 11) is 0. The van der Waals surface area contributed by atoms with Crippen molar-refractivity contribution in [2.24, 2.45) is 0 Å². The summed E-state index contributed by atoms with van der Waals surface area (Å²) in [6, 6.07) is 14.6. The number of rotatable bonds is 5. The van der Waals surface area contributed by atoms with Crippen LogP contribution < -0.4 is 0 Å². The van der Waals surface area contributed by atoms with E-state index in [9.17, 15) is 10.2 Å². The molecule has 0 aromatic heterocycles. The number of hydrogen-bond acceptors (Lipinski definition) is 3. The van der Waals surface area contributed by atoms with Crippen LogP contribution in [0.25, 0.3) is 0 Å². The van der Waals surface area contributed by atoms with Gasteiger partial charge in [0.2, 0.25) is 0 Å². The van der Waals surface area contributed by atoms with Gasteiger partial charge in [0.05, 0.1) is 0 Å². The number of nitrogens with zero attached hydrogens (tertiary/aromatic N) is 1. The first-order valence-corrected chi connectivity index (χ1v) is 6.45. The molecule has 2 aromatic rings. The maximum absolute atomic E-state index is 9.47. The number of aromatic hydroxyl groups is 2. The highest BCUT2D eigenvalue weighted by atomic mass is 16.3. The molecule has 2 N–H and O–H groups in total. The summed E-state index contributed by atoms with van der Waals surface area (Å²) in [5.74, 6) is 0.595. The molecule has 0 amide bonds. The SMILES string of the molecule is CCN(Cc1ccc(O)cc1)Cc1cccc(O)c1. The molecule has 3 heteroatoms. The molecule has 0 bridgehead atoms. The van der Waals surface area contributed by atoms with Gasteiger partial charge in [-0.3, -0.25) is 4.90 Å². The Balaban J connectivity index is 2.02. The molecule has 0 atom stereocenters. The molecule has 0 spiro atoms. The summed E-state index contributed by atoms with van der Waals surface area (Å²) < 4.78 is 0. The number of phenols is 2. The van der Waals surface area contributed by atoms with E-state index in [4.69, 9.17) is 0 Å². The minimum Gasteiger partial charge on any atom is -0.508 e. The quantitative estimate of drug-likeness (QED) is 0.865. The van der Waals surface area contributed by atoms with Crippen LogP contribution >= 0.6 is 0 Å². The molecule has 0 saturated heterocycles. The maximum atomic E-state index is 9.47. The lowest BCUT2D eigenvalue weighted by atomic mass is 10.1. The van der Waals surface area contributed by atoms with Crippen LogP contribution in [-0.4, -0.2) is 21.7 Å². The summed E-state index contributed by atoms with van der Waals surface area (Å²) in [5, 5.41) is 18.7. The van der Waals surface area contributed by atoms with Crippen LogP contribution in [-0.2, 0) is 13.1 Å². The van der Waals surface area contributed by atoms with Crippen LogP contribution in [0.1, 0.15) is 18.1 Å². The molecule has 0 aliphatic carbocycles. The summed E-state index contributed by atoms with van der Waals surface area (Å²) in [6.07, 6.45) is 0. The van der Waals surface area contributed by atoms with E-state index in [0.717, 1.165) is 25.2 Å². The highest BCUT2D eigenvalue weighted by molar-refractivity contribution is 5.28. The zero-order valence-electron chi connectivity index (χ0n) is 11.1. The zero-order valence-corrected chi connectivity index (χ0v) is 11.1. The standard InChI is InChI=1S/C16H19NO2/c1-2-17(11-13-6-8-15(18)9-7-13)12-14-4-3-5-16(19)10-14/h3-10,18-19H,2,11-12H2,1H3. The zero-order chi connectivity index (χ0) is 13.7. The average Bonchev–Trinajstić information content (AvgIpc) is 2.40. The molecule has 0 aliphatic rings. The lowest BCUT2D eigenvalue weighted by Gasteiger charge is -2.20. The number of benzene rings is 2. The van der Waals surface area contributed by atoms with E-state index in [-0.39, 0.29) is 0 Å². The molecule has 0 fully saturated rings. The monoisotopic (exact) mass is 257 g/mol. The predicted octanol–water partition coefficient (Wildman–Crippen LogP) is 3.12. The number of phenolic OH excluding ortho intramolecular Hbond substituents is 2. The first-order chi connectivity index (χ1) is 9.17. The second-order valence-corrected chi connectivity index (χ2v) is 4.64. The van der Waals surface area contributed by atoms with Gasteiger partial charge in [-0.1, -0.05) is 31.2 Å². The molecule has 0 radical (unpaired) electrons. The fraction of sp³-hybridized carbons (Fsp3) is 0.250. The Bertz CT molecular complexity index is 523. The van der Waals surface area contributed by atoms with Crippen molar-refractivity contribution in [1.29, 1.82) is 0 Å². The first kappa shape index (κ1) is 13.4. The largest absolute Gasteiger partial charge is 0.508 e. The van der Waals surface area contributed by atoms with E-state index in [1.54, 1.807) is 24.3 Å². The molecule has 0 aliphatic heterocycles. The third-order valence-corrected chi connectivity index (χ3v) is 3.11. The predicted molar refractivity (Wildman–Crippen MR) is 76.0 cm³/mol. The van der Waals surface area contributed by atoms with E-state index < -0.39 is 0 Å². The van der Waals surface area contributed by atoms with Gasteiger partial charge in [0.25, 0.3) is 0 Å². The third-order valence-electron chi connectivity index (χ3n) is 3.11. The van der Waals surface area contributed by atoms with Crippen molar-refractivity contribution >= 4 is 0 Å². The van der Waals surface area contributed by atoms with Crippen molar-refractivity contribution < 1.29 is 10.2 Å². The normalized spacial score (nSPS) is 10.8. The molecule has 0 heterocycles. The molecular weight excluding hydrogens is 238 g/mol. The van der Waals surface area contributed by atoms with Gasteiger partial charge in [0.15, 0.2) is 0 Å². The van der Waals surface area contributed by atoms with Gasteiger partial charge in [0, 0.05) is 13.1 Å². The topological polar surface area (TPSA) is 43.7 Å². The minimum atomic E-state index is 0.291. The van der Waals surface area contributed by atoms with E-state index in [1.165, 1.54) is 5.56 Å². The van der Waals surface area contributed by atoms with Crippen molar-refractivity contribution in [3.63, 3.8) is 0 Å². The third kappa shape index (κ3) is 4.00. The summed E-state index contributed by atoms with van der Waals surface area (Å²) in [4.78, 5) is 2.28. The van der Waals surface area contributed by atoms with Gasteiger partial charge in [-0.05, 0) is 41.9 Å². The van der Waals surface area contributed by atoms with E-state index in [0.29, 0.717) is 11.5 Å². The molecule has 0 unspecified atom stereocenters. The van der Waals surface area contributed by atoms with E-state index >= 15 is 0 Å². The summed E-state index contributed by atoms with van der Waals surface area (Å²) >= 11 is 0. The van der Waals surface area contributed by atoms with Crippen LogP contribution in [0.4, 0.5) is 0 Å². The minimum absolute atomic E-state index is 0.291. The van der Waals surface area contributed by atoms with Gasteiger partial charge >= 0.3 is 0 Å². The van der Waals surface area contributed by atoms with Crippen LogP contribution in [0.5, 0.6) is 11.5 Å². The Labute approximate surface area is 113 Å². The van der Waals surface area contributed by atoms with Gasteiger partial charge in [-0.25, -0.2) is 0 Å². The Kier molecular flexibility index (Phi) is 4.42. The van der Waals surface area contributed by atoms with Crippen molar-refractivity contribution in [3.05, 3.63) is 59.7 Å². The van der Waals surface area contributed by atoms with E-state index in [1.807, 2.05) is 24.3 Å². The van der Waals surface area contributed by atoms with Crippen molar-refractivity contribution in [2.45, 2.75) is 20.0 Å². The Morgan fingerprint density at radius 2 is 1.53 bits per heavy atom. The van der Waals surface area contributed by atoms with Crippen LogP contribution in [0.2, 0.25) is 0 Å². The smallest absolute Gasteiger partial charge is 0.115 e. The van der Waals surface area contributed by atoms with Gasteiger partial charge in [-0.15, -0.1) is 0 Å². The second kappa shape index (κ2) is 6.25. The molecular formula is C16H19NO2. The first-order valence-electron chi connectivity index (χ1n) is 6.45. The van der Waals surface area contributed by atoms with Crippen LogP contribution in [0, 0.1) is 0 Å². The lowest BCUT2D eigenvalue weighted by molar-refractivity contribution is 0.271. The fourth-order valence-electron chi connectivity index (χ4n) is 2.05. The van der Waals surface area contributed by atoms with E-state index in [2.05, 4.69) is 11.8 Å². The molecule has 100 valence electrons. The Hall–Kier alpha value is -2.00. The molecule has 2 rings (SSSR count). The second-order valence-electron chi connectivity index (χ2n) is 4.64. The number of hydrogen-bond donors (Lipinski definition) is 2. The highest BCUT2D eigenvalue weighted by Crippen LogP contribution is 2.16. The lowest BCUT2D eigenvalue weighted by Crippen LogP contribution is -2.22. The average molecular weight is 257 g/mol. The van der Waals surface area contributed by atoms with Gasteiger partial charge in [0.1, 0.15) is 11.5 Å². The molecule has 2 aromatic carbocycles. The van der Waals surface area contributed by atoms with Gasteiger partial charge < -0.3 is 10.2 Å². The highest BCUT2D eigenvalue weighted by Gasteiger charge is 2.05. The van der Waals surface area contributed by atoms with Crippen LogP contribution in [0.3, 0.4) is 0 Å². The van der Waals surface area contributed by atoms with Crippen molar-refractivity contribution in [1.82, 2.24) is 4.90 Å². The van der Waals surface area contributed by atoms with Gasteiger partial charge in [-0.2, -0.15) is 0 Å². The molecule has 0 saturated carbocycles. The summed E-state index contributed by atoms with van der Waals surface area (Å²) in [5.41, 5.74) is 2.26. The van der Waals surface area contributed by atoms with Crippen molar-refractivity contribution in [2.75, 3.05) is 6.54 Å². The maximum Gasteiger partial charge on any atom is 0.115 e. The summed E-state index contributed by atoms with van der Waals surface area (Å²) in [6.45, 7) is 4.66. The Morgan fingerprint density at radius 1 is 0.842 bits per heavy atom. The Morgan fingerprint density at radius 3 is 2.16 bits per heavy atom. The molecule has 19 heavy (non-hydrogen) atoms.